The summed E-state index contributed by atoms with van der Waals surface area (Å²) in [4.78, 5) is 21.7. The highest BCUT2D eigenvalue weighted by atomic mass is 35.5. The molecular weight excluding hydrogens is 571 g/mol. The van der Waals surface area contributed by atoms with Gasteiger partial charge < -0.3 is 14.1 Å². The fraction of sp³-hybridized carbons (Fsp3) is 0.207. The molecule has 1 saturated carbocycles. The van der Waals surface area contributed by atoms with Gasteiger partial charge in [0.1, 0.15) is 5.82 Å². The number of alkyl halides is 3. The van der Waals surface area contributed by atoms with E-state index < -0.39 is 11.9 Å². The summed E-state index contributed by atoms with van der Waals surface area (Å²) in [5, 5.41) is 12.3. The second-order valence-electron chi connectivity index (χ2n) is 10.7. The average molecular weight is 590 g/mol. The first-order valence-corrected chi connectivity index (χ1v) is 13.5. The minimum Gasteiger partial charge on any atom is -0.356 e. The zero-order valence-electron chi connectivity index (χ0n) is 21.7. The van der Waals surface area contributed by atoms with E-state index in [1.165, 1.54) is 6.07 Å². The standard InChI is InChI=1S/C29H19ClF3N7O2/c1-13-17-4-2-14(7-24(17)42-37-13)21-11-34-28(35-21)27-20-10-19(20)23-6-15(8-26(41)40(23)27)18-9-16(30)3-5-22(18)39-12-25(36-38-39)29(31,32)33/h2-9,11-12,19-20,27H,10H2,1H3,(H,34,35). The molecule has 0 radical (unpaired) electrons. The van der Waals surface area contributed by atoms with Crippen molar-refractivity contribution in [1.29, 1.82) is 0 Å². The number of nitrogens with zero attached hydrogens (tertiary/aromatic N) is 6. The van der Waals surface area contributed by atoms with Crippen LogP contribution in [0.2, 0.25) is 5.02 Å². The normalized spacial score (nSPS) is 19.3. The van der Waals surface area contributed by atoms with E-state index in [1.54, 1.807) is 29.0 Å². The summed E-state index contributed by atoms with van der Waals surface area (Å²) in [6, 6.07) is 13.7. The molecule has 1 aliphatic carbocycles. The van der Waals surface area contributed by atoms with Crippen molar-refractivity contribution in [3.8, 4) is 28.1 Å². The maximum Gasteiger partial charge on any atom is 0.436 e. The summed E-state index contributed by atoms with van der Waals surface area (Å²) in [6.45, 7) is 1.89. The number of rotatable bonds is 4. The van der Waals surface area contributed by atoms with E-state index in [9.17, 15) is 18.0 Å². The van der Waals surface area contributed by atoms with Crippen LogP contribution in [-0.4, -0.2) is 34.7 Å². The first-order chi connectivity index (χ1) is 20.2. The number of aromatic nitrogens is 7. The van der Waals surface area contributed by atoms with Gasteiger partial charge in [-0.05, 0) is 61.2 Å². The lowest BCUT2D eigenvalue weighted by molar-refractivity contribution is -0.141. The van der Waals surface area contributed by atoms with E-state index in [2.05, 4.69) is 25.4 Å². The van der Waals surface area contributed by atoms with Gasteiger partial charge in [0.2, 0.25) is 0 Å². The van der Waals surface area contributed by atoms with Crippen LogP contribution in [0.4, 0.5) is 13.2 Å². The number of fused-ring (bicyclic) bond motifs is 4. The van der Waals surface area contributed by atoms with Crippen LogP contribution in [-0.2, 0) is 6.18 Å². The number of hydrogen-bond donors (Lipinski definition) is 1. The molecule has 1 aliphatic heterocycles. The lowest BCUT2D eigenvalue weighted by atomic mass is 10.0. The Balaban J connectivity index is 1.18. The van der Waals surface area contributed by atoms with Gasteiger partial charge in [-0.3, -0.25) is 4.79 Å². The Morgan fingerprint density at radius 2 is 1.95 bits per heavy atom. The fourth-order valence-corrected chi connectivity index (χ4v) is 6.25. The van der Waals surface area contributed by atoms with Crippen molar-refractivity contribution >= 4 is 22.6 Å². The fourth-order valence-electron chi connectivity index (χ4n) is 6.07. The minimum atomic E-state index is -4.64. The molecule has 6 aromatic rings. The summed E-state index contributed by atoms with van der Waals surface area (Å²) in [6.07, 6.45) is -1.18. The van der Waals surface area contributed by atoms with Gasteiger partial charge in [0.25, 0.3) is 5.56 Å². The molecule has 13 heteroatoms. The zero-order valence-corrected chi connectivity index (χ0v) is 22.5. The van der Waals surface area contributed by atoms with Crippen LogP contribution in [0.5, 0.6) is 0 Å². The minimum absolute atomic E-state index is 0.163. The van der Waals surface area contributed by atoms with E-state index in [1.807, 2.05) is 31.2 Å². The number of imidazole rings is 1. The van der Waals surface area contributed by atoms with Crippen molar-refractivity contribution in [3.05, 3.63) is 99.2 Å². The van der Waals surface area contributed by atoms with Gasteiger partial charge in [0.05, 0.1) is 35.5 Å². The van der Waals surface area contributed by atoms with E-state index in [0.29, 0.717) is 33.2 Å². The number of aryl methyl sites for hydroxylation is 1. The van der Waals surface area contributed by atoms with E-state index in [0.717, 1.165) is 45.3 Å². The third-order valence-corrected chi connectivity index (χ3v) is 8.38. The number of halogens is 4. The van der Waals surface area contributed by atoms with E-state index in [-0.39, 0.29) is 23.4 Å². The number of nitrogens with one attached hydrogen (secondary N) is 1. The number of H-pyrrole nitrogens is 1. The second-order valence-corrected chi connectivity index (χ2v) is 11.1. The summed E-state index contributed by atoms with van der Waals surface area (Å²) < 4.78 is 47.8. The van der Waals surface area contributed by atoms with Crippen LogP contribution in [0.1, 0.15) is 41.3 Å². The molecule has 2 aromatic carbocycles. The molecule has 3 atom stereocenters. The number of aromatic amines is 1. The van der Waals surface area contributed by atoms with Crippen molar-refractivity contribution in [2.75, 3.05) is 0 Å². The smallest absolute Gasteiger partial charge is 0.356 e. The average Bonchev–Trinajstić information content (AvgIpc) is 3.37. The molecule has 0 saturated heterocycles. The van der Waals surface area contributed by atoms with Crippen LogP contribution in [0.25, 0.3) is 39.0 Å². The first kappa shape index (κ1) is 25.0. The van der Waals surface area contributed by atoms with Gasteiger partial charge in [0, 0.05) is 39.2 Å². The summed E-state index contributed by atoms with van der Waals surface area (Å²) >= 11 is 6.28. The molecule has 4 aromatic heterocycles. The highest BCUT2D eigenvalue weighted by Gasteiger charge is 2.54. The summed E-state index contributed by atoms with van der Waals surface area (Å²) in [5.74, 6) is 1.05. The van der Waals surface area contributed by atoms with Gasteiger partial charge in [-0.25, -0.2) is 9.67 Å². The molecule has 0 spiro atoms. The number of pyridine rings is 1. The Bertz CT molecular complexity index is 2110. The van der Waals surface area contributed by atoms with E-state index in [4.69, 9.17) is 16.1 Å². The van der Waals surface area contributed by atoms with Gasteiger partial charge in [-0.2, -0.15) is 13.2 Å². The molecule has 1 fully saturated rings. The van der Waals surface area contributed by atoms with Gasteiger partial charge in [-0.15, -0.1) is 5.10 Å². The topological polar surface area (TPSA) is 107 Å². The predicted octanol–water partition coefficient (Wildman–Crippen LogP) is 6.31. The van der Waals surface area contributed by atoms with Gasteiger partial charge >= 0.3 is 6.18 Å². The quantitative estimate of drug-likeness (QED) is 0.258. The third-order valence-electron chi connectivity index (χ3n) is 8.14. The SMILES string of the molecule is Cc1noc2cc(-c3cnc(C4C5CC5c5cc(-c6cc(Cl)ccc6-n6cc(C(F)(F)F)nn6)cc(=O)n54)[nH]3)ccc12. The second kappa shape index (κ2) is 8.65. The Morgan fingerprint density at radius 1 is 1.10 bits per heavy atom. The van der Waals surface area contributed by atoms with Crippen LogP contribution in [0, 0.1) is 12.8 Å². The highest BCUT2D eigenvalue weighted by Crippen LogP contribution is 2.60. The molecule has 0 bridgehead atoms. The largest absolute Gasteiger partial charge is 0.436 e. The number of benzene rings is 2. The molecule has 5 heterocycles. The molecule has 42 heavy (non-hydrogen) atoms. The Labute approximate surface area is 239 Å². The lowest BCUT2D eigenvalue weighted by Crippen LogP contribution is -2.26. The molecule has 0 amide bonds. The highest BCUT2D eigenvalue weighted by molar-refractivity contribution is 6.31. The maximum absolute atomic E-state index is 13.6. The van der Waals surface area contributed by atoms with Gasteiger partial charge in [-0.1, -0.05) is 28.0 Å². The summed E-state index contributed by atoms with van der Waals surface area (Å²) in [5.41, 5.74) is 4.01. The van der Waals surface area contributed by atoms with Crippen molar-refractivity contribution in [2.45, 2.75) is 31.5 Å². The van der Waals surface area contributed by atoms with Crippen LogP contribution < -0.4 is 5.56 Å². The molecule has 210 valence electrons. The summed E-state index contributed by atoms with van der Waals surface area (Å²) in [7, 11) is 0. The Kier molecular flexibility index (Phi) is 5.16. The van der Waals surface area contributed by atoms with Crippen molar-refractivity contribution in [2.24, 2.45) is 5.92 Å². The molecule has 3 unspecified atom stereocenters. The number of hydrogen-bond acceptors (Lipinski definition) is 6. The van der Waals surface area contributed by atoms with Crippen molar-refractivity contribution < 1.29 is 17.7 Å². The first-order valence-electron chi connectivity index (χ1n) is 13.1. The molecule has 8 rings (SSSR count). The maximum atomic E-state index is 13.6. The lowest BCUT2D eigenvalue weighted by Gasteiger charge is -2.18. The zero-order chi connectivity index (χ0) is 28.9. The van der Waals surface area contributed by atoms with E-state index >= 15 is 0 Å². The van der Waals surface area contributed by atoms with Crippen LogP contribution in [0.15, 0.2) is 70.2 Å². The molecular formula is C29H19ClF3N7O2. The predicted molar refractivity (Wildman–Crippen MR) is 146 cm³/mol. The molecule has 9 nitrogen and oxygen atoms in total. The van der Waals surface area contributed by atoms with Crippen LogP contribution >= 0.6 is 11.6 Å². The molecule has 2 aliphatic rings. The molecule has 1 N–H and O–H groups in total. The Hall–Kier alpha value is -4.71. The van der Waals surface area contributed by atoms with Gasteiger partial charge in [0.15, 0.2) is 11.3 Å². The van der Waals surface area contributed by atoms with Crippen molar-refractivity contribution in [3.63, 3.8) is 0 Å². The van der Waals surface area contributed by atoms with Crippen molar-refractivity contribution in [1.82, 2.24) is 34.7 Å². The monoisotopic (exact) mass is 589 g/mol. The Morgan fingerprint density at radius 3 is 2.76 bits per heavy atom. The van der Waals surface area contributed by atoms with Crippen LogP contribution in [0.3, 0.4) is 0 Å². The third kappa shape index (κ3) is 3.82.